The van der Waals surface area contributed by atoms with Crippen molar-refractivity contribution in [2.75, 3.05) is 6.61 Å². The van der Waals surface area contributed by atoms with Gasteiger partial charge in [0.25, 0.3) is 0 Å². The summed E-state index contributed by atoms with van der Waals surface area (Å²) in [5.74, 6) is 0.727. The number of ether oxygens (including phenoxy) is 1. The van der Waals surface area contributed by atoms with Gasteiger partial charge in [0.15, 0.2) is 5.75 Å². The first-order chi connectivity index (χ1) is 15.3. The molecule has 0 bridgehead atoms. The van der Waals surface area contributed by atoms with Crippen molar-refractivity contribution in [3.8, 4) is 5.75 Å². The molecule has 0 amide bonds. The molecule has 1 heterocycles. The van der Waals surface area contributed by atoms with Gasteiger partial charge in [0.2, 0.25) is 0 Å². The number of rotatable bonds is 8. The van der Waals surface area contributed by atoms with Crippen LogP contribution in [0.5, 0.6) is 5.75 Å². The van der Waals surface area contributed by atoms with E-state index in [1.807, 2.05) is 31.2 Å². The maximum Gasteiger partial charge on any atom is 0.165 e. The Balaban J connectivity index is 2.12. The molecule has 0 radical (unpaired) electrons. The fourth-order valence-electron chi connectivity index (χ4n) is 4.09. The van der Waals surface area contributed by atoms with E-state index in [4.69, 9.17) is 9.84 Å². The van der Waals surface area contributed by atoms with Gasteiger partial charge in [-0.2, -0.15) is 5.10 Å². The van der Waals surface area contributed by atoms with Gasteiger partial charge < -0.3 is 4.74 Å². The Morgan fingerprint density at radius 1 is 0.839 bits per heavy atom. The number of allylic oxidation sites excluding steroid dienone is 1. The van der Waals surface area contributed by atoms with E-state index in [1.54, 1.807) is 12.3 Å². The van der Waals surface area contributed by atoms with Crippen LogP contribution in [-0.4, -0.2) is 16.4 Å². The minimum Gasteiger partial charge on any atom is -0.486 e. The zero-order chi connectivity index (χ0) is 21.5. The number of hydrogen-bond acceptors (Lipinski definition) is 2. The molecule has 0 saturated carbocycles. The maximum atomic E-state index is 5.97. The van der Waals surface area contributed by atoms with Crippen molar-refractivity contribution in [2.45, 2.75) is 12.5 Å². The molecule has 0 spiro atoms. The third-order valence-corrected chi connectivity index (χ3v) is 5.34. The molecule has 0 aliphatic carbocycles. The van der Waals surface area contributed by atoms with E-state index in [1.165, 1.54) is 0 Å². The van der Waals surface area contributed by atoms with Crippen LogP contribution in [0.3, 0.4) is 0 Å². The topological polar surface area (TPSA) is 27.1 Å². The molecule has 0 saturated heterocycles. The van der Waals surface area contributed by atoms with Gasteiger partial charge in [-0.05, 0) is 29.7 Å². The largest absolute Gasteiger partial charge is 0.486 e. The van der Waals surface area contributed by atoms with Crippen molar-refractivity contribution in [3.05, 3.63) is 138 Å². The van der Waals surface area contributed by atoms with E-state index in [-0.39, 0.29) is 0 Å². The molecule has 0 unspecified atom stereocenters. The van der Waals surface area contributed by atoms with Crippen molar-refractivity contribution >= 4 is 6.08 Å². The summed E-state index contributed by atoms with van der Waals surface area (Å²) in [6, 6.07) is 31.5. The Morgan fingerprint density at radius 3 is 1.74 bits per heavy atom. The zero-order valence-electron chi connectivity index (χ0n) is 17.7. The summed E-state index contributed by atoms with van der Waals surface area (Å²) >= 11 is 0. The van der Waals surface area contributed by atoms with E-state index >= 15 is 0 Å². The lowest BCUT2D eigenvalue weighted by molar-refractivity contribution is 0.359. The summed E-state index contributed by atoms with van der Waals surface area (Å²) in [5, 5.41) is 4.90. The molecule has 0 aliphatic rings. The fourth-order valence-corrected chi connectivity index (χ4v) is 4.09. The number of nitrogens with zero attached hydrogens (tertiary/aromatic N) is 2. The number of aromatic nitrogens is 2. The predicted octanol–water partition coefficient (Wildman–Crippen LogP) is 6.32. The lowest BCUT2D eigenvalue weighted by Gasteiger charge is -2.37. The Kier molecular flexibility index (Phi) is 6.13. The number of benzene rings is 3. The Morgan fingerprint density at radius 2 is 1.32 bits per heavy atom. The van der Waals surface area contributed by atoms with Gasteiger partial charge in [-0.3, -0.25) is 0 Å². The summed E-state index contributed by atoms with van der Waals surface area (Å²) < 4.78 is 8.04. The summed E-state index contributed by atoms with van der Waals surface area (Å²) in [4.78, 5) is 0. The van der Waals surface area contributed by atoms with Gasteiger partial charge in [0, 0.05) is 0 Å². The molecular weight excluding hydrogens is 380 g/mol. The first-order valence-corrected chi connectivity index (χ1v) is 10.4. The van der Waals surface area contributed by atoms with Crippen LogP contribution in [0.15, 0.2) is 116 Å². The second-order valence-electron chi connectivity index (χ2n) is 7.21. The van der Waals surface area contributed by atoms with E-state index in [0.717, 1.165) is 28.1 Å². The van der Waals surface area contributed by atoms with Crippen LogP contribution in [-0.2, 0) is 5.54 Å². The van der Waals surface area contributed by atoms with Crippen molar-refractivity contribution in [3.63, 3.8) is 0 Å². The molecule has 154 valence electrons. The first kappa shape index (κ1) is 20.4. The smallest absolute Gasteiger partial charge is 0.165 e. The van der Waals surface area contributed by atoms with Crippen LogP contribution in [0, 0.1) is 0 Å². The number of hydrogen-bond donors (Lipinski definition) is 0. The van der Waals surface area contributed by atoms with Crippen molar-refractivity contribution < 1.29 is 4.74 Å². The normalized spacial score (nSPS) is 11.5. The van der Waals surface area contributed by atoms with E-state index in [0.29, 0.717) is 6.61 Å². The molecule has 0 aliphatic heterocycles. The van der Waals surface area contributed by atoms with Crippen LogP contribution in [0.25, 0.3) is 6.08 Å². The van der Waals surface area contributed by atoms with Gasteiger partial charge in [0.05, 0.1) is 6.20 Å². The minimum absolute atomic E-state index is 0.422. The third kappa shape index (κ3) is 3.71. The van der Waals surface area contributed by atoms with Gasteiger partial charge in [-0.1, -0.05) is 110 Å². The summed E-state index contributed by atoms with van der Waals surface area (Å²) in [7, 11) is 0. The zero-order valence-corrected chi connectivity index (χ0v) is 17.7. The Bertz CT molecular complexity index is 1050. The van der Waals surface area contributed by atoms with Crippen molar-refractivity contribution in [1.29, 1.82) is 0 Å². The van der Waals surface area contributed by atoms with Crippen molar-refractivity contribution in [2.24, 2.45) is 0 Å². The first-order valence-electron chi connectivity index (χ1n) is 10.4. The second-order valence-corrected chi connectivity index (χ2v) is 7.21. The molecule has 1 aromatic heterocycles. The Hall–Kier alpha value is -3.85. The van der Waals surface area contributed by atoms with E-state index in [2.05, 4.69) is 90.1 Å². The van der Waals surface area contributed by atoms with Gasteiger partial charge in [-0.15, -0.1) is 0 Å². The highest BCUT2D eigenvalue weighted by atomic mass is 16.5. The van der Waals surface area contributed by atoms with Gasteiger partial charge in [-0.25, -0.2) is 4.68 Å². The Labute approximate surface area is 183 Å². The van der Waals surface area contributed by atoms with Crippen LogP contribution in [0.2, 0.25) is 0 Å². The molecule has 3 aromatic carbocycles. The van der Waals surface area contributed by atoms with Crippen LogP contribution in [0.1, 0.15) is 29.3 Å². The summed E-state index contributed by atoms with van der Waals surface area (Å²) in [5.41, 5.74) is 3.60. The molecule has 4 rings (SSSR count). The molecular formula is C28H26N2O. The standard InChI is InChI=1S/C28H26N2O/c1-3-14-26-27(31-21-4-2)22-29-30(26)28(23-15-8-5-9-16-23,24-17-10-6-11-18-24)25-19-12-7-13-20-25/h3-20,22H,2,21H2,1H3/b14-3-. The van der Waals surface area contributed by atoms with Crippen LogP contribution in [0.4, 0.5) is 0 Å². The fraction of sp³-hybridized carbons (Fsp3) is 0.107. The van der Waals surface area contributed by atoms with Crippen molar-refractivity contribution in [1.82, 2.24) is 9.78 Å². The molecule has 4 aromatic rings. The summed E-state index contributed by atoms with van der Waals surface area (Å²) in [6.45, 7) is 6.21. The highest BCUT2D eigenvalue weighted by molar-refractivity contribution is 5.58. The predicted molar refractivity (Wildman–Crippen MR) is 127 cm³/mol. The van der Waals surface area contributed by atoms with E-state index in [9.17, 15) is 0 Å². The molecule has 3 heteroatoms. The average Bonchev–Trinajstić information content (AvgIpc) is 3.23. The van der Waals surface area contributed by atoms with Crippen LogP contribution >= 0.6 is 0 Å². The second kappa shape index (κ2) is 9.31. The quantitative estimate of drug-likeness (QED) is 0.253. The molecule has 0 fully saturated rings. The van der Waals surface area contributed by atoms with Gasteiger partial charge >= 0.3 is 0 Å². The molecule has 3 nitrogen and oxygen atoms in total. The van der Waals surface area contributed by atoms with Crippen LogP contribution < -0.4 is 4.74 Å². The summed E-state index contributed by atoms with van der Waals surface area (Å²) in [6.07, 6.45) is 7.60. The van der Waals surface area contributed by atoms with Gasteiger partial charge in [0.1, 0.15) is 17.8 Å². The third-order valence-electron chi connectivity index (χ3n) is 5.34. The minimum atomic E-state index is -0.672. The lowest BCUT2D eigenvalue weighted by atomic mass is 9.77. The maximum absolute atomic E-state index is 5.97. The average molecular weight is 407 g/mol. The molecule has 0 atom stereocenters. The SMILES string of the molecule is C=CCOc1cnn(C(c2ccccc2)(c2ccccc2)c2ccccc2)c1/C=C\C. The molecule has 0 N–H and O–H groups in total. The highest BCUT2D eigenvalue weighted by Crippen LogP contribution is 2.42. The van der Waals surface area contributed by atoms with E-state index < -0.39 is 5.54 Å². The lowest BCUT2D eigenvalue weighted by Crippen LogP contribution is -2.39. The molecule has 31 heavy (non-hydrogen) atoms. The highest BCUT2D eigenvalue weighted by Gasteiger charge is 2.41. The monoisotopic (exact) mass is 406 g/mol.